The van der Waals surface area contributed by atoms with Gasteiger partial charge in [0, 0.05) is 11.9 Å². The zero-order chi connectivity index (χ0) is 22.6. The molecule has 0 atom stereocenters. The summed E-state index contributed by atoms with van der Waals surface area (Å²) in [4.78, 5) is 17.6. The van der Waals surface area contributed by atoms with Crippen LogP contribution in [0, 0.1) is 5.92 Å². The molecule has 166 valence electrons. The lowest BCUT2D eigenvalue weighted by molar-refractivity contribution is 0.478. The molecule has 0 amide bonds. The Labute approximate surface area is 183 Å². The number of para-hydroxylation sites is 1. The Bertz CT molecular complexity index is 1460. The van der Waals surface area contributed by atoms with Crippen molar-refractivity contribution in [1.29, 1.82) is 0 Å². The number of rotatable bonds is 4. The van der Waals surface area contributed by atoms with E-state index >= 15 is 0 Å². The van der Waals surface area contributed by atoms with Gasteiger partial charge in [0.25, 0.3) is 5.56 Å². The molecule has 1 aliphatic heterocycles. The van der Waals surface area contributed by atoms with Crippen molar-refractivity contribution in [1.82, 2.24) is 9.66 Å². The first-order chi connectivity index (χ1) is 15.3. The molecule has 0 unspecified atom stereocenters. The molecule has 0 fully saturated rings. The lowest BCUT2D eigenvalue weighted by Crippen LogP contribution is -2.37. The van der Waals surface area contributed by atoms with Crippen LogP contribution in [-0.4, -0.2) is 36.3 Å². The molecule has 3 heterocycles. The quantitative estimate of drug-likeness (QED) is 0.311. The largest absolute Gasteiger partial charge is 0.506 e. The first-order valence-corrected chi connectivity index (χ1v) is 11.4. The highest BCUT2D eigenvalue weighted by Crippen LogP contribution is 2.57. The fraction of sp³-hybridized carbons (Fsp3) is 0.190. The van der Waals surface area contributed by atoms with Crippen molar-refractivity contribution >= 4 is 44.3 Å². The van der Waals surface area contributed by atoms with E-state index in [2.05, 4.69) is 20.1 Å². The number of hydrogen-bond donors (Lipinski definition) is 5. The molecule has 0 bridgehead atoms. The zero-order valence-corrected chi connectivity index (χ0v) is 18.1. The van der Waals surface area contributed by atoms with Crippen LogP contribution in [0.5, 0.6) is 5.75 Å². The van der Waals surface area contributed by atoms with E-state index in [1.54, 1.807) is 36.4 Å². The Morgan fingerprint density at radius 1 is 1.22 bits per heavy atom. The van der Waals surface area contributed by atoms with Crippen molar-refractivity contribution in [2.75, 3.05) is 17.3 Å². The van der Waals surface area contributed by atoms with E-state index < -0.39 is 16.3 Å². The maximum atomic E-state index is 13.4. The number of aromatic hydroxyl groups is 1. The topological polar surface area (TPSA) is 145 Å². The summed E-state index contributed by atoms with van der Waals surface area (Å²) in [5.41, 5.74) is 3.78. The Balaban J connectivity index is 1.74. The van der Waals surface area contributed by atoms with Gasteiger partial charge in [-0.2, -0.15) is 0 Å². The predicted octanol–water partition coefficient (Wildman–Crippen LogP) is 3.94. The van der Waals surface area contributed by atoms with Crippen molar-refractivity contribution in [3.05, 3.63) is 58.7 Å². The predicted molar refractivity (Wildman–Crippen MR) is 124 cm³/mol. The van der Waals surface area contributed by atoms with Crippen molar-refractivity contribution in [3.63, 3.8) is 0 Å². The standard InChI is InChI=1S/C21H21N5O5S/c1-11(2)9-23-26-14-6-4-3-5-12(14)18(27)16(21(26)28)20-24-13-7-8-15-17(22-10-31-15)19(13)32(29,30)25-20/h3-8,10-11,23,27,29-30H,9H2,1-2H3,(H,24,25). The van der Waals surface area contributed by atoms with Crippen LogP contribution in [0.3, 0.4) is 0 Å². The zero-order valence-electron chi connectivity index (χ0n) is 17.2. The van der Waals surface area contributed by atoms with E-state index in [4.69, 9.17) is 4.42 Å². The average molecular weight is 455 g/mol. The van der Waals surface area contributed by atoms with Gasteiger partial charge in [-0.15, -0.1) is 4.40 Å². The highest BCUT2D eigenvalue weighted by atomic mass is 32.3. The number of nitrogens with one attached hydrogen (secondary N) is 2. The molecule has 0 aliphatic carbocycles. The number of fused-ring (bicyclic) bond motifs is 4. The number of amidine groups is 1. The molecular formula is C21H21N5O5S. The second-order valence-electron chi connectivity index (χ2n) is 7.86. The van der Waals surface area contributed by atoms with Gasteiger partial charge in [0.05, 0.1) is 11.2 Å². The van der Waals surface area contributed by atoms with Gasteiger partial charge in [0.1, 0.15) is 21.7 Å². The van der Waals surface area contributed by atoms with Crippen molar-refractivity contribution in [2.45, 2.75) is 18.7 Å². The van der Waals surface area contributed by atoms with E-state index in [1.165, 1.54) is 11.1 Å². The molecule has 11 heteroatoms. The number of pyridine rings is 1. The van der Waals surface area contributed by atoms with Gasteiger partial charge in [-0.05, 0) is 30.2 Å². The minimum Gasteiger partial charge on any atom is -0.506 e. The molecule has 0 radical (unpaired) electrons. The third-order valence-corrected chi connectivity index (χ3v) is 6.55. The summed E-state index contributed by atoms with van der Waals surface area (Å²) in [6.45, 7) is 4.52. The van der Waals surface area contributed by atoms with Crippen molar-refractivity contribution in [2.24, 2.45) is 10.3 Å². The van der Waals surface area contributed by atoms with Crippen molar-refractivity contribution < 1.29 is 18.6 Å². The van der Waals surface area contributed by atoms with Gasteiger partial charge in [0.15, 0.2) is 17.8 Å². The number of benzene rings is 2. The van der Waals surface area contributed by atoms with Gasteiger partial charge >= 0.3 is 0 Å². The molecule has 10 nitrogen and oxygen atoms in total. The molecule has 5 N–H and O–H groups in total. The molecule has 5 rings (SSSR count). The Morgan fingerprint density at radius 2 is 2.00 bits per heavy atom. The third-order valence-electron chi connectivity index (χ3n) is 5.15. The maximum absolute atomic E-state index is 13.4. The number of aromatic nitrogens is 2. The molecule has 0 spiro atoms. The third kappa shape index (κ3) is 3.09. The molecule has 2 aromatic carbocycles. The maximum Gasteiger partial charge on any atom is 0.284 e. The van der Waals surface area contributed by atoms with Crippen LogP contribution in [-0.2, 0) is 0 Å². The molecule has 4 aromatic rings. The molecule has 1 aliphatic rings. The van der Waals surface area contributed by atoms with Crippen LogP contribution >= 0.6 is 10.8 Å². The molecule has 0 saturated carbocycles. The Hall–Kier alpha value is -3.54. The van der Waals surface area contributed by atoms with Gasteiger partial charge in [-0.1, -0.05) is 36.8 Å². The lowest BCUT2D eigenvalue weighted by Gasteiger charge is -2.34. The number of oxazole rings is 1. The Morgan fingerprint density at radius 3 is 2.78 bits per heavy atom. The number of hydrogen-bond acceptors (Lipinski definition) is 9. The first-order valence-electron chi connectivity index (χ1n) is 9.90. The number of anilines is 1. The van der Waals surface area contributed by atoms with Gasteiger partial charge < -0.3 is 20.3 Å². The summed E-state index contributed by atoms with van der Waals surface area (Å²) in [7, 11) is -3.74. The highest BCUT2D eigenvalue weighted by molar-refractivity contribution is 8.23. The highest BCUT2D eigenvalue weighted by Gasteiger charge is 2.33. The summed E-state index contributed by atoms with van der Waals surface area (Å²) in [6, 6.07) is 10.1. The van der Waals surface area contributed by atoms with Gasteiger partial charge in [-0.3, -0.25) is 13.9 Å². The van der Waals surface area contributed by atoms with E-state index in [-0.39, 0.29) is 33.5 Å². The minimum absolute atomic E-state index is 0.0750. The van der Waals surface area contributed by atoms with Crippen molar-refractivity contribution in [3.8, 4) is 5.75 Å². The summed E-state index contributed by atoms with van der Waals surface area (Å²) < 4.78 is 32.3. The average Bonchev–Trinajstić information content (AvgIpc) is 3.21. The minimum atomic E-state index is -3.74. The summed E-state index contributed by atoms with van der Waals surface area (Å²) in [6.07, 6.45) is 1.20. The SMILES string of the molecule is CC(C)CNn1c(=O)c(C2=NS(O)(O)c3c(ccc4ocnc34)N2)c(O)c2ccccc21. The second kappa shape index (κ2) is 7.26. The van der Waals surface area contributed by atoms with Gasteiger partial charge in [-0.25, -0.2) is 9.66 Å². The van der Waals surface area contributed by atoms with E-state index in [1.807, 2.05) is 13.8 Å². The summed E-state index contributed by atoms with van der Waals surface area (Å²) in [5.74, 6) is -0.193. The number of nitrogens with zero attached hydrogens (tertiary/aromatic N) is 3. The van der Waals surface area contributed by atoms with Crippen LogP contribution in [0.4, 0.5) is 5.69 Å². The van der Waals surface area contributed by atoms with E-state index in [0.717, 1.165) is 0 Å². The first kappa shape index (κ1) is 20.4. The van der Waals surface area contributed by atoms with Crippen LogP contribution in [0.25, 0.3) is 22.0 Å². The molecule has 2 aromatic heterocycles. The monoisotopic (exact) mass is 455 g/mol. The van der Waals surface area contributed by atoms with Crippen LogP contribution in [0.1, 0.15) is 19.4 Å². The molecule has 32 heavy (non-hydrogen) atoms. The normalized spacial score (nSPS) is 16.0. The Kier molecular flexibility index (Phi) is 4.62. The molecule has 0 saturated heterocycles. The fourth-order valence-corrected chi connectivity index (χ4v) is 4.99. The van der Waals surface area contributed by atoms with E-state index in [0.29, 0.717) is 28.7 Å². The summed E-state index contributed by atoms with van der Waals surface area (Å²) >= 11 is 0. The van der Waals surface area contributed by atoms with Gasteiger partial charge in [0.2, 0.25) is 0 Å². The van der Waals surface area contributed by atoms with E-state index in [9.17, 15) is 19.0 Å². The fourth-order valence-electron chi connectivity index (χ4n) is 3.68. The molecular weight excluding hydrogens is 434 g/mol. The van der Waals surface area contributed by atoms with Crippen LogP contribution < -0.4 is 16.3 Å². The van der Waals surface area contributed by atoms with Crippen LogP contribution in [0.2, 0.25) is 0 Å². The smallest absolute Gasteiger partial charge is 0.284 e. The second-order valence-corrected chi connectivity index (χ2v) is 9.49. The summed E-state index contributed by atoms with van der Waals surface area (Å²) in [5, 5.41) is 14.4. The van der Waals surface area contributed by atoms with Crippen LogP contribution in [0.15, 0.2) is 61.3 Å². The lowest BCUT2D eigenvalue weighted by atomic mass is 10.1.